The van der Waals surface area contributed by atoms with Crippen molar-refractivity contribution in [3.8, 4) is 22.5 Å². The lowest BCUT2D eigenvalue weighted by atomic mass is 10.1. The highest BCUT2D eigenvalue weighted by molar-refractivity contribution is 5.92. The van der Waals surface area contributed by atoms with Gasteiger partial charge in [-0.3, -0.25) is 9.67 Å². The van der Waals surface area contributed by atoms with Crippen molar-refractivity contribution in [1.82, 2.24) is 20.1 Å². The van der Waals surface area contributed by atoms with Crippen molar-refractivity contribution in [2.75, 3.05) is 25.2 Å². The molecule has 0 radical (unpaired) electrons. The molecule has 0 amide bonds. The van der Waals surface area contributed by atoms with Gasteiger partial charge in [0.15, 0.2) is 5.58 Å². The van der Waals surface area contributed by atoms with Gasteiger partial charge in [-0.05, 0) is 37.6 Å². The zero-order chi connectivity index (χ0) is 20.3. The van der Waals surface area contributed by atoms with E-state index >= 15 is 0 Å². The lowest BCUT2D eigenvalue weighted by Gasteiger charge is -2.12. The number of pyridine rings is 1. The average molecular weight is 403 g/mol. The van der Waals surface area contributed by atoms with E-state index in [1.54, 1.807) is 10.9 Å². The van der Waals surface area contributed by atoms with Gasteiger partial charge in [-0.2, -0.15) is 5.10 Å². The molecule has 0 saturated carbocycles. The van der Waals surface area contributed by atoms with E-state index in [4.69, 9.17) is 9.15 Å². The van der Waals surface area contributed by atoms with Gasteiger partial charge in [0, 0.05) is 53.9 Å². The molecule has 1 atom stereocenters. The molecule has 3 aromatic heterocycles. The van der Waals surface area contributed by atoms with E-state index in [-0.39, 0.29) is 0 Å². The predicted molar refractivity (Wildman–Crippen MR) is 117 cm³/mol. The topological polar surface area (TPSA) is 77.1 Å². The van der Waals surface area contributed by atoms with Gasteiger partial charge in [0.1, 0.15) is 18.0 Å². The minimum absolute atomic E-state index is 0.481. The summed E-state index contributed by atoms with van der Waals surface area (Å²) < 4.78 is 13.8. The SMILES string of the molecule is Cn1cc(-c2ccnc3cc(-c4cccc(NCOCC5CCCN5)c4)oc23)cn1. The fourth-order valence-corrected chi connectivity index (χ4v) is 3.88. The monoisotopic (exact) mass is 403 g/mol. The van der Waals surface area contributed by atoms with Gasteiger partial charge in [-0.15, -0.1) is 0 Å². The lowest BCUT2D eigenvalue weighted by molar-refractivity contribution is 0.132. The highest BCUT2D eigenvalue weighted by atomic mass is 16.5. The van der Waals surface area contributed by atoms with Crippen molar-refractivity contribution < 1.29 is 9.15 Å². The lowest BCUT2D eigenvalue weighted by Crippen LogP contribution is -2.27. The second kappa shape index (κ2) is 8.30. The second-order valence-corrected chi connectivity index (χ2v) is 7.65. The van der Waals surface area contributed by atoms with Crippen LogP contribution in [-0.4, -0.2) is 40.7 Å². The van der Waals surface area contributed by atoms with E-state index in [0.717, 1.165) is 52.4 Å². The van der Waals surface area contributed by atoms with Crippen LogP contribution in [-0.2, 0) is 11.8 Å². The quantitative estimate of drug-likeness (QED) is 0.358. The Morgan fingerprint density at radius 2 is 2.23 bits per heavy atom. The standard InChI is InChI=1S/C23H25N5O2/c1-28-13-17(12-27-28)20-7-9-25-21-11-22(30-23(20)21)16-4-2-5-18(10-16)26-15-29-14-19-6-3-8-24-19/h2,4-5,7,9-13,19,24,26H,3,6,8,14-15H2,1H3. The maximum Gasteiger partial charge on any atom is 0.161 e. The smallest absolute Gasteiger partial charge is 0.161 e. The van der Waals surface area contributed by atoms with Crippen LogP contribution in [0.25, 0.3) is 33.6 Å². The van der Waals surface area contributed by atoms with Crippen LogP contribution in [0.4, 0.5) is 5.69 Å². The molecule has 7 nitrogen and oxygen atoms in total. The zero-order valence-electron chi connectivity index (χ0n) is 17.0. The molecule has 1 fully saturated rings. The number of nitrogens with zero attached hydrogens (tertiary/aromatic N) is 3. The molecule has 1 saturated heterocycles. The van der Waals surface area contributed by atoms with Crippen LogP contribution in [0, 0.1) is 0 Å². The molecule has 0 aliphatic carbocycles. The van der Waals surface area contributed by atoms with Crippen molar-refractivity contribution in [2.24, 2.45) is 7.05 Å². The van der Waals surface area contributed by atoms with E-state index in [0.29, 0.717) is 12.8 Å². The summed E-state index contributed by atoms with van der Waals surface area (Å²) in [5, 5.41) is 11.0. The highest BCUT2D eigenvalue weighted by Crippen LogP contribution is 2.34. The molecule has 2 N–H and O–H groups in total. The summed E-state index contributed by atoms with van der Waals surface area (Å²) in [5.74, 6) is 0.786. The average Bonchev–Trinajstić information content (AvgIpc) is 3.51. The van der Waals surface area contributed by atoms with E-state index in [1.165, 1.54) is 12.8 Å². The number of ether oxygens (including phenoxy) is 1. The van der Waals surface area contributed by atoms with Crippen molar-refractivity contribution in [3.63, 3.8) is 0 Å². The summed E-state index contributed by atoms with van der Waals surface area (Å²) in [7, 11) is 1.90. The molecule has 30 heavy (non-hydrogen) atoms. The number of nitrogens with one attached hydrogen (secondary N) is 2. The van der Waals surface area contributed by atoms with Gasteiger partial charge in [0.05, 0.1) is 12.8 Å². The maximum atomic E-state index is 6.23. The Kier molecular flexibility index (Phi) is 5.21. The fourth-order valence-electron chi connectivity index (χ4n) is 3.88. The van der Waals surface area contributed by atoms with Crippen LogP contribution < -0.4 is 10.6 Å². The summed E-state index contributed by atoms with van der Waals surface area (Å²) >= 11 is 0. The normalized spacial score (nSPS) is 16.4. The van der Waals surface area contributed by atoms with E-state index in [1.807, 2.05) is 49.8 Å². The molecule has 1 aliphatic rings. The molecule has 154 valence electrons. The van der Waals surface area contributed by atoms with Crippen molar-refractivity contribution in [3.05, 3.63) is 55.0 Å². The fraction of sp³-hybridized carbons (Fsp3) is 0.304. The number of aromatic nitrogens is 3. The molecule has 1 aliphatic heterocycles. The molecule has 7 heteroatoms. The molecular formula is C23H25N5O2. The first-order valence-corrected chi connectivity index (χ1v) is 10.3. The molecular weight excluding hydrogens is 378 g/mol. The van der Waals surface area contributed by atoms with Crippen molar-refractivity contribution in [1.29, 1.82) is 0 Å². The summed E-state index contributed by atoms with van der Waals surface area (Å²) in [6, 6.07) is 12.6. The first-order valence-electron chi connectivity index (χ1n) is 10.3. The molecule has 0 spiro atoms. The molecule has 4 aromatic rings. The third-order valence-electron chi connectivity index (χ3n) is 5.43. The Hall–Kier alpha value is -3.16. The number of furan rings is 1. The third-order valence-corrected chi connectivity index (χ3v) is 5.43. The summed E-state index contributed by atoms with van der Waals surface area (Å²) in [6.07, 6.45) is 8.04. The number of benzene rings is 1. The molecule has 1 unspecified atom stereocenters. The van der Waals surface area contributed by atoms with Crippen LogP contribution in [0.2, 0.25) is 0 Å². The number of fused-ring (bicyclic) bond motifs is 1. The van der Waals surface area contributed by atoms with Crippen LogP contribution in [0.1, 0.15) is 12.8 Å². The minimum atomic E-state index is 0.481. The number of aryl methyl sites for hydroxylation is 1. The Balaban J connectivity index is 1.33. The van der Waals surface area contributed by atoms with Crippen molar-refractivity contribution in [2.45, 2.75) is 18.9 Å². The Morgan fingerprint density at radius 1 is 1.27 bits per heavy atom. The van der Waals surface area contributed by atoms with Gasteiger partial charge in [-0.1, -0.05) is 12.1 Å². The molecule has 1 aromatic carbocycles. The van der Waals surface area contributed by atoms with E-state index in [9.17, 15) is 0 Å². The summed E-state index contributed by atoms with van der Waals surface area (Å²) in [6.45, 7) is 2.31. The van der Waals surface area contributed by atoms with Crippen LogP contribution >= 0.6 is 0 Å². The van der Waals surface area contributed by atoms with Crippen LogP contribution in [0.3, 0.4) is 0 Å². The minimum Gasteiger partial charge on any atom is -0.454 e. The third kappa shape index (κ3) is 3.94. The summed E-state index contributed by atoms with van der Waals surface area (Å²) in [4.78, 5) is 4.48. The van der Waals surface area contributed by atoms with Gasteiger partial charge >= 0.3 is 0 Å². The summed E-state index contributed by atoms with van der Waals surface area (Å²) in [5.41, 5.74) is 5.58. The predicted octanol–water partition coefficient (Wildman–Crippen LogP) is 4.03. The maximum absolute atomic E-state index is 6.23. The highest BCUT2D eigenvalue weighted by Gasteiger charge is 2.15. The van der Waals surface area contributed by atoms with Crippen LogP contribution in [0.15, 0.2) is 59.4 Å². The first kappa shape index (κ1) is 18.8. The van der Waals surface area contributed by atoms with Gasteiger partial charge in [-0.25, -0.2) is 0 Å². The zero-order valence-corrected chi connectivity index (χ0v) is 17.0. The largest absolute Gasteiger partial charge is 0.454 e. The Bertz CT molecular complexity index is 1140. The Labute approximate surface area is 175 Å². The second-order valence-electron chi connectivity index (χ2n) is 7.65. The van der Waals surface area contributed by atoms with Gasteiger partial charge < -0.3 is 19.8 Å². The van der Waals surface area contributed by atoms with Gasteiger partial charge in [0.2, 0.25) is 0 Å². The van der Waals surface area contributed by atoms with Crippen molar-refractivity contribution >= 4 is 16.8 Å². The molecule has 5 rings (SSSR count). The number of anilines is 1. The van der Waals surface area contributed by atoms with Crippen LogP contribution in [0.5, 0.6) is 0 Å². The first-order chi connectivity index (χ1) is 14.8. The number of hydrogen-bond acceptors (Lipinski definition) is 6. The molecule has 4 heterocycles. The van der Waals surface area contributed by atoms with Gasteiger partial charge in [0.25, 0.3) is 0 Å². The number of rotatable bonds is 7. The molecule has 0 bridgehead atoms. The van der Waals surface area contributed by atoms with E-state index in [2.05, 4.69) is 26.8 Å². The number of hydrogen-bond donors (Lipinski definition) is 2. The van der Waals surface area contributed by atoms with E-state index < -0.39 is 0 Å². The Morgan fingerprint density at radius 3 is 3.07 bits per heavy atom.